The molecule has 128 valence electrons. The number of nitrogens with zero attached hydrogens (tertiary/aromatic N) is 1. The summed E-state index contributed by atoms with van der Waals surface area (Å²) in [4.78, 5) is 13.9. The van der Waals surface area contributed by atoms with Gasteiger partial charge in [-0.3, -0.25) is 4.79 Å². The number of hydrogen-bond acceptors (Lipinski definition) is 1. The van der Waals surface area contributed by atoms with Crippen molar-refractivity contribution in [2.75, 3.05) is 13.1 Å². The Morgan fingerprint density at radius 1 is 0.783 bits per heavy atom. The van der Waals surface area contributed by atoms with Crippen LogP contribution >= 0.6 is 0 Å². The van der Waals surface area contributed by atoms with Crippen molar-refractivity contribution in [2.45, 2.75) is 77.0 Å². The minimum Gasteiger partial charge on any atom is -0.343 e. The van der Waals surface area contributed by atoms with E-state index in [1.165, 1.54) is 69.8 Å². The monoisotopic (exact) mass is 315 g/mol. The maximum Gasteiger partial charge on any atom is 0.222 e. The number of unbranched alkanes of at least 4 members (excludes halogenated alkanes) is 7. The van der Waals surface area contributed by atoms with Crippen molar-refractivity contribution in [3.05, 3.63) is 35.9 Å². The third-order valence-electron chi connectivity index (χ3n) is 4.91. The van der Waals surface area contributed by atoms with Crippen molar-refractivity contribution in [3.63, 3.8) is 0 Å². The molecule has 0 saturated carbocycles. The Bertz CT molecular complexity index is 423. The predicted octanol–water partition coefficient (Wildman–Crippen LogP) is 5.36. The van der Waals surface area contributed by atoms with Crippen molar-refractivity contribution in [3.8, 4) is 0 Å². The van der Waals surface area contributed by atoms with Crippen molar-refractivity contribution in [1.82, 2.24) is 4.90 Å². The van der Waals surface area contributed by atoms with Gasteiger partial charge in [-0.2, -0.15) is 0 Å². The number of hydrogen-bond donors (Lipinski definition) is 0. The Morgan fingerprint density at radius 3 is 2.00 bits per heavy atom. The highest BCUT2D eigenvalue weighted by atomic mass is 16.2. The van der Waals surface area contributed by atoms with Gasteiger partial charge in [0.1, 0.15) is 0 Å². The van der Waals surface area contributed by atoms with Gasteiger partial charge < -0.3 is 4.90 Å². The van der Waals surface area contributed by atoms with Gasteiger partial charge in [0.25, 0.3) is 0 Å². The lowest BCUT2D eigenvalue weighted by Gasteiger charge is -2.14. The molecule has 1 aliphatic heterocycles. The van der Waals surface area contributed by atoms with Gasteiger partial charge >= 0.3 is 0 Å². The Kier molecular flexibility index (Phi) is 8.83. The van der Waals surface area contributed by atoms with E-state index in [-0.39, 0.29) is 0 Å². The number of amides is 1. The molecule has 0 atom stereocenters. The van der Waals surface area contributed by atoms with E-state index < -0.39 is 0 Å². The number of rotatable bonds is 11. The summed E-state index contributed by atoms with van der Waals surface area (Å²) in [7, 11) is 0. The highest BCUT2D eigenvalue weighted by Crippen LogP contribution is 2.14. The molecule has 2 heteroatoms. The summed E-state index contributed by atoms with van der Waals surface area (Å²) in [5.41, 5.74) is 1.47. The molecule has 1 aromatic rings. The summed E-state index contributed by atoms with van der Waals surface area (Å²) >= 11 is 0. The van der Waals surface area contributed by atoms with Gasteiger partial charge in [0.05, 0.1) is 0 Å². The first-order valence-corrected chi connectivity index (χ1v) is 9.68. The van der Waals surface area contributed by atoms with Crippen molar-refractivity contribution in [2.24, 2.45) is 0 Å². The first kappa shape index (κ1) is 18.0. The van der Waals surface area contributed by atoms with Gasteiger partial charge in [-0.25, -0.2) is 0 Å². The number of likely N-dealkylation sites (tertiary alicyclic amines) is 1. The highest BCUT2D eigenvalue weighted by molar-refractivity contribution is 5.76. The Labute approximate surface area is 142 Å². The predicted molar refractivity (Wildman–Crippen MR) is 97.5 cm³/mol. The van der Waals surface area contributed by atoms with Crippen LogP contribution in [0.4, 0.5) is 0 Å². The zero-order valence-electron chi connectivity index (χ0n) is 14.6. The first-order chi connectivity index (χ1) is 11.4. The maximum absolute atomic E-state index is 11.9. The molecule has 2 rings (SSSR count). The number of carbonyl (C=O) groups excluding carboxylic acids is 1. The van der Waals surface area contributed by atoms with E-state index in [4.69, 9.17) is 0 Å². The van der Waals surface area contributed by atoms with Crippen LogP contribution in [0.3, 0.4) is 0 Å². The molecule has 1 saturated heterocycles. The molecular weight excluding hydrogens is 282 g/mol. The standard InChI is InChI=1S/C21H33NO/c23-21(22-18-12-13-19-22)17-11-6-4-2-1-3-5-8-14-20-15-9-7-10-16-20/h7,9-10,15-16H,1-6,8,11-14,17-19H2. The third kappa shape index (κ3) is 7.67. The fraction of sp³-hybridized carbons (Fsp3) is 0.667. The van der Waals surface area contributed by atoms with Crippen molar-refractivity contribution in [1.29, 1.82) is 0 Å². The van der Waals surface area contributed by atoms with Crippen molar-refractivity contribution >= 4 is 5.91 Å². The number of benzene rings is 1. The molecule has 0 spiro atoms. The molecule has 0 aromatic heterocycles. The zero-order valence-corrected chi connectivity index (χ0v) is 14.6. The Morgan fingerprint density at radius 2 is 1.35 bits per heavy atom. The SMILES string of the molecule is O=C(CCCCCCCCCCc1ccccc1)N1CCCC1. The Balaban J connectivity index is 1.35. The van der Waals surface area contributed by atoms with Gasteiger partial charge in [-0.05, 0) is 37.7 Å². The van der Waals surface area contributed by atoms with E-state index in [0.29, 0.717) is 5.91 Å². The van der Waals surface area contributed by atoms with Crippen LogP contribution in [0.25, 0.3) is 0 Å². The van der Waals surface area contributed by atoms with Crippen LogP contribution in [0.1, 0.15) is 76.2 Å². The van der Waals surface area contributed by atoms with Crippen LogP contribution in [-0.2, 0) is 11.2 Å². The molecule has 0 radical (unpaired) electrons. The summed E-state index contributed by atoms with van der Waals surface area (Å²) in [6, 6.07) is 10.8. The molecule has 1 fully saturated rings. The topological polar surface area (TPSA) is 20.3 Å². The highest BCUT2D eigenvalue weighted by Gasteiger charge is 2.16. The Hall–Kier alpha value is -1.31. The van der Waals surface area contributed by atoms with Gasteiger partial charge in [-0.1, -0.05) is 68.9 Å². The molecule has 0 bridgehead atoms. The van der Waals surface area contributed by atoms with Crippen LogP contribution in [0.15, 0.2) is 30.3 Å². The molecular formula is C21H33NO. The van der Waals surface area contributed by atoms with Crippen LogP contribution in [-0.4, -0.2) is 23.9 Å². The van der Waals surface area contributed by atoms with Crippen LogP contribution in [0.2, 0.25) is 0 Å². The minimum absolute atomic E-state index is 0.392. The second-order valence-corrected chi connectivity index (χ2v) is 6.90. The lowest BCUT2D eigenvalue weighted by atomic mass is 10.0. The average molecular weight is 316 g/mol. The number of carbonyl (C=O) groups is 1. The van der Waals surface area contributed by atoms with E-state index >= 15 is 0 Å². The molecule has 0 aliphatic carbocycles. The summed E-state index contributed by atoms with van der Waals surface area (Å²) in [6.45, 7) is 2.00. The van der Waals surface area contributed by atoms with E-state index in [1.54, 1.807) is 0 Å². The normalized spacial score (nSPS) is 14.3. The van der Waals surface area contributed by atoms with Crippen LogP contribution in [0, 0.1) is 0 Å². The molecule has 2 nitrogen and oxygen atoms in total. The van der Waals surface area contributed by atoms with Crippen molar-refractivity contribution < 1.29 is 4.79 Å². The second kappa shape index (κ2) is 11.3. The van der Waals surface area contributed by atoms with Gasteiger partial charge in [0, 0.05) is 19.5 Å². The largest absolute Gasteiger partial charge is 0.343 e. The lowest BCUT2D eigenvalue weighted by molar-refractivity contribution is -0.130. The molecule has 1 amide bonds. The van der Waals surface area contributed by atoms with Gasteiger partial charge in [0.15, 0.2) is 0 Å². The molecule has 0 N–H and O–H groups in total. The van der Waals surface area contributed by atoms with E-state index in [0.717, 1.165) is 25.9 Å². The quantitative estimate of drug-likeness (QED) is 0.503. The third-order valence-corrected chi connectivity index (χ3v) is 4.91. The first-order valence-electron chi connectivity index (χ1n) is 9.68. The fourth-order valence-electron chi connectivity index (χ4n) is 3.44. The zero-order chi connectivity index (χ0) is 16.2. The van der Waals surface area contributed by atoms with Crippen LogP contribution in [0.5, 0.6) is 0 Å². The summed E-state index contributed by atoms with van der Waals surface area (Å²) in [6.07, 6.45) is 14.7. The summed E-state index contributed by atoms with van der Waals surface area (Å²) in [5.74, 6) is 0.392. The summed E-state index contributed by atoms with van der Waals surface area (Å²) < 4.78 is 0. The molecule has 1 heterocycles. The summed E-state index contributed by atoms with van der Waals surface area (Å²) in [5, 5.41) is 0. The smallest absolute Gasteiger partial charge is 0.222 e. The minimum atomic E-state index is 0.392. The second-order valence-electron chi connectivity index (χ2n) is 6.90. The molecule has 1 aromatic carbocycles. The molecule has 23 heavy (non-hydrogen) atoms. The van der Waals surface area contributed by atoms with Gasteiger partial charge in [-0.15, -0.1) is 0 Å². The van der Waals surface area contributed by atoms with Crippen LogP contribution < -0.4 is 0 Å². The van der Waals surface area contributed by atoms with E-state index in [1.807, 2.05) is 4.90 Å². The average Bonchev–Trinajstić information content (AvgIpc) is 3.12. The number of aryl methyl sites for hydroxylation is 1. The fourth-order valence-corrected chi connectivity index (χ4v) is 3.44. The lowest BCUT2D eigenvalue weighted by Crippen LogP contribution is -2.27. The molecule has 0 unspecified atom stereocenters. The molecule has 1 aliphatic rings. The van der Waals surface area contributed by atoms with E-state index in [9.17, 15) is 4.79 Å². The maximum atomic E-state index is 11.9. The van der Waals surface area contributed by atoms with E-state index in [2.05, 4.69) is 30.3 Å². The van der Waals surface area contributed by atoms with Gasteiger partial charge in [0.2, 0.25) is 5.91 Å².